The number of nitrogens with zero attached hydrogens (tertiary/aromatic N) is 1. The predicted octanol–water partition coefficient (Wildman–Crippen LogP) is 3.55. The van der Waals surface area contributed by atoms with Crippen LogP contribution < -0.4 is 4.74 Å². The molecule has 1 aromatic carbocycles. The van der Waals surface area contributed by atoms with Gasteiger partial charge in [0.15, 0.2) is 0 Å². The van der Waals surface area contributed by atoms with Gasteiger partial charge >= 0.3 is 6.09 Å². The molecule has 0 unspecified atom stereocenters. The van der Waals surface area contributed by atoms with Crippen LogP contribution in [0.3, 0.4) is 0 Å². The number of rotatable bonds is 10. The maximum Gasteiger partial charge on any atom is 0.411 e. The SMILES string of the molecule is C=CCN1C(=O)O[C@H](CCCOCc2ccc(OC)cc2)[C@H]1C=C. The lowest BCUT2D eigenvalue weighted by Crippen LogP contribution is -2.35. The molecule has 1 aromatic rings. The molecule has 1 saturated heterocycles. The van der Waals surface area contributed by atoms with Crippen molar-refractivity contribution in [1.82, 2.24) is 4.90 Å². The molecule has 0 bridgehead atoms. The van der Waals surface area contributed by atoms with Crippen molar-refractivity contribution in [2.24, 2.45) is 0 Å². The van der Waals surface area contributed by atoms with E-state index in [1.807, 2.05) is 24.3 Å². The van der Waals surface area contributed by atoms with Gasteiger partial charge in [-0.05, 0) is 30.5 Å². The Morgan fingerprint density at radius 1 is 1.29 bits per heavy atom. The van der Waals surface area contributed by atoms with Crippen LogP contribution >= 0.6 is 0 Å². The number of hydrogen-bond acceptors (Lipinski definition) is 4. The van der Waals surface area contributed by atoms with Crippen LogP contribution in [0.1, 0.15) is 18.4 Å². The van der Waals surface area contributed by atoms with Crippen molar-refractivity contribution in [3.8, 4) is 5.75 Å². The quantitative estimate of drug-likeness (QED) is 0.486. The van der Waals surface area contributed by atoms with Gasteiger partial charge in [0, 0.05) is 13.2 Å². The highest BCUT2D eigenvalue weighted by Crippen LogP contribution is 2.24. The highest BCUT2D eigenvalue weighted by Gasteiger charge is 2.38. The minimum atomic E-state index is -0.302. The van der Waals surface area contributed by atoms with Crippen LogP contribution in [0, 0.1) is 0 Å². The second-order valence-electron chi connectivity index (χ2n) is 5.63. The Morgan fingerprint density at radius 2 is 2.04 bits per heavy atom. The van der Waals surface area contributed by atoms with Gasteiger partial charge in [0.1, 0.15) is 11.9 Å². The Morgan fingerprint density at radius 3 is 2.67 bits per heavy atom. The zero-order valence-corrected chi connectivity index (χ0v) is 14.1. The highest BCUT2D eigenvalue weighted by molar-refractivity contribution is 5.71. The van der Waals surface area contributed by atoms with Crippen LogP contribution in [-0.2, 0) is 16.1 Å². The van der Waals surface area contributed by atoms with E-state index in [1.54, 1.807) is 24.2 Å². The number of benzene rings is 1. The van der Waals surface area contributed by atoms with Crippen LogP contribution in [-0.4, -0.2) is 43.4 Å². The lowest BCUT2D eigenvalue weighted by Gasteiger charge is -2.19. The van der Waals surface area contributed by atoms with Crippen molar-refractivity contribution in [2.75, 3.05) is 20.3 Å². The van der Waals surface area contributed by atoms with Gasteiger partial charge in [-0.15, -0.1) is 13.2 Å². The molecular weight excluding hydrogens is 306 g/mol. The summed E-state index contributed by atoms with van der Waals surface area (Å²) in [5.74, 6) is 0.835. The summed E-state index contributed by atoms with van der Waals surface area (Å²) in [6, 6.07) is 7.70. The molecule has 24 heavy (non-hydrogen) atoms. The first kappa shape index (κ1) is 18.1. The van der Waals surface area contributed by atoms with E-state index >= 15 is 0 Å². The number of carbonyl (C=O) groups is 1. The molecular formula is C19H25NO4. The summed E-state index contributed by atoms with van der Waals surface area (Å²) < 4.78 is 16.2. The minimum Gasteiger partial charge on any atom is -0.497 e. The average molecular weight is 331 g/mol. The third-order valence-electron chi connectivity index (χ3n) is 4.00. The maximum atomic E-state index is 11.8. The first-order valence-corrected chi connectivity index (χ1v) is 8.11. The summed E-state index contributed by atoms with van der Waals surface area (Å²) in [6.45, 7) is 9.12. The normalized spacial score (nSPS) is 19.9. The molecule has 1 aliphatic heterocycles. The van der Waals surface area contributed by atoms with Crippen molar-refractivity contribution in [1.29, 1.82) is 0 Å². The fourth-order valence-corrected chi connectivity index (χ4v) is 2.73. The fourth-order valence-electron chi connectivity index (χ4n) is 2.73. The lowest BCUT2D eigenvalue weighted by atomic mass is 10.1. The van der Waals surface area contributed by atoms with E-state index in [-0.39, 0.29) is 18.2 Å². The summed E-state index contributed by atoms with van der Waals surface area (Å²) >= 11 is 0. The van der Waals surface area contributed by atoms with Gasteiger partial charge in [0.05, 0.1) is 19.8 Å². The minimum absolute atomic E-state index is 0.0999. The molecule has 0 N–H and O–H groups in total. The molecule has 0 saturated carbocycles. The van der Waals surface area contributed by atoms with Crippen LogP contribution in [0.5, 0.6) is 5.75 Å². The molecule has 5 heteroatoms. The zero-order chi connectivity index (χ0) is 17.4. The largest absolute Gasteiger partial charge is 0.497 e. The Balaban J connectivity index is 1.70. The molecule has 130 valence electrons. The second kappa shape index (κ2) is 9.13. The molecule has 0 aromatic heterocycles. The molecule has 0 spiro atoms. The third-order valence-corrected chi connectivity index (χ3v) is 4.00. The van der Waals surface area contributed by atoms with Gasteiger partial charge < -0.3 is 14.2 Å². The third kappa shape index (κ3) is 4.61. The van der Waals surface area contributed by atoms with Crippen LogP contribution in [0.4, 0.5) is 4.79 Å². The van der Waals surface area contributed by atoms with Gasteiger partial charge in [-0.3, -0.25) is 4.90 Å². The molecule has 5 nitrogen and oxygen atoms in total. The lowest BCUT2D eigenvalue weighted by molar-refractivity contribution is 0.0940. The van der Waals surface area contributed by atoms with E-state index in [4.69, 9.17) is 14.2 Å². The molecule has 1 amide bonds. The number of methoxy groups -OCH3 is 1. The first-order valence-electron chi connectivity index (χ1n) is 8.11. The number of hydrogen-bond donors (Lipinski definition) is 0. The van der Waals surface area contributed by atoms with Crippen LogP contribution in [0.15, 0.2) is 49.6 Å². The van der Waals surface area contributed by atoms with Crippen molar-refractivity contribution in [2.45, 2.75) is 31.6 Å². The van der Waals surface area contributed by atoms with E-state index < -0.39 is 0 Å². The molecule has 2 rings (SSSR count). The Bertz CT molecular complexity index is 555. The molecule has 1 fully saturated rings. The average Bonchev–Trinajstić information content (AvgIpc) is 2.90. The number of cyclic esters (lactones) is 1. The summed E-state index contributed by atoms with van der Waals surface area (Å²) in [5, 5.41) is 0. The van der Waals surface area contributed by atoms with Gasteiger partial charge in [-0.1, -0.05) is 24.3 Å². The molecule has 2 atom stereocenters. The summed E-state index contributed by atoms with van der Waals surface area (Å²) in [5.41, 5.74) is 1.10. The first-order chi connectivity index (χ1) is 11.7. The van der Waals surface area contributed by atoms with E-state index in [9.17, 15) is 4.79 Å². The van der Waals surface area contributed by atoms with Gasteiger partial charge in [-0.25, -0.2) is 4.79 Å². The highest BCUT2D eigenvalue weighted by atomic mass is 16.6. The smallest absolute Gasteiger partial charge is 0.411 e. The van der Waals surface area contributed by atoms with Crippen molar-refractivity contribution < 1.29 is 19.0 Å². The van der Waals surface area contributed by atoms with Crippen molar-refractivity contribution in [3.05, 3.63) is 55.1 Å². The summed E-state index contributed by atoms with van der Waals surface area (Å²) in [4.78, 5) is 13.5. The van der Waals surface area contributed by atoms with E-state index in [1.165, 1.54) is 0 Å². The van der Waals surface area contributed by atoms with E-state index in [2.05, 4.69) is 13.2 Å². The summed E-state index contributed by atoms with van der Waals surface area (Å²) in [7, 11) is 1.65. The molecule has 0 radical (unpaired) electrons. The van der Waals surface area contributed by atoms with Crippen molar-refractivity contribution in [3.63, 3.8) is 0 Å². The number of carbonyl (C=O) groups excluding carboxylic acids is 1. The Kier molecular flexibility index (Phi) is 6.88. The fraction of sp³-hybridized carbons (Fsp3) is 0.421. The Hall–Kier alpha value is -2.27. The van der Waals surface area contributed by atoms with E-state index in [0.29, 0.717) is 19.8 Å². The standard InChI is InChI=1S/C19H25NO4/c1-4-12-20-17(5-2)18(24-19(20)21)7-6-13-23-14-15-8-10-16(22-3)11-9-15/h4-5,8-11,17-18H,1-2,6-7,12-14H2,3H3/t17-,18-/m1/s1. The second-order valence-corrected chi connectivity index (χ2v) is 5.63. The number of ether oxygens (including phenoxy) is 3. The van der Waals surface area contributed by atoms with Crippen molar-refractivity contribution >= 4 is 6.09 Å². The molecule has 0 aliphatic carbocycles. The molecule has 1 aliphatic rings. The monoisotopic (exact) mass is 331 g/mol. The topological polar surface area (TPSA) is 48.0 Å². The molecule has 1 heterocycles. The summed E-state index contributed by atoms with van der Waals surface area (Å²) in [6.07, 6.45) is 4.55. The van der Waals surface area contributed by atoms with Gasteiger partial charge in [-0.2, -0.15) is 0 Å². The maximum absolute atomic E-state index is 11.8. The number of amides is 1. The van der Waals surface area contributed by atoms with Gasteiger partial charge in [0.25, 0.3) is 0 Å². The van der Waals surface area contributed by atoms with Gasteiger partial charge in [0.2, 0.25) is 0 Å². The predicted molar refractivity (Wildman–Crippen MR) is 93.0 cm³/mol. The van der Waals surface area contributed by atoms with Crippen LogP contribution in [0.2, 0.25) is 0 Å². The Labute approximate surface area is 143 Å². The zero-order valence-electron chi connectivity index (χ0n) is 14.1. The van der Waals surface area contributed by atoms with E-state index in [0.717, 1.165) is 24.2 Å². The van der Waals surface area contributed by atoms with Crippen LogP contribution in [0.25, 0.3) is 0 Å².